The molecule has 7 heteroatoms. The summed E-state index contributed by atoms with van der Waals surface area (Å²) in [6, 6.07) is 12.8. The van der Waals surface area contributed by atoms with Gasteiger partial charge in [-0.2, -0.15) is 0 Å². The summed E-state index contributed by atoms with van der Waals surface area (Å²) in [5.41, 5.74) is 2.78. The van der Waals surface area contributed by atoms with Gasteiger partial charge in [0.25, 0.3) is 0 Å². The molecule has 1 fully saturated rings. The Bertz CT molecular complexity index is 913. The van der Waals surface area contributed by atoms with Gasteiger partial charge in [-0.05, 0) is 52.7 Å². The molecule has 3 amide bonds. The van der Waals surface area contributed by atoms with Crippen molar-refractivity contribution >= 4 is 50.7 Å². The minimum Gasteiger partial charge on any atom is -0.325 e. The molecule has 0 bridgehead atoms. The second-order valence-corrected chi connectivity index (χ2v) is 7.43. The van der Waals surface area contributed by atoms with E-state index in [0.717, 1.165) is 15.7 Å². The van der Waals surface area contributed by atoms with Crippen LogP contribution in [-0.4, -0.2) is 24.3 Å². The van der Waals surface area contributed by atoms with Crippen molar-refractivity contribution in [3.63, 3.8) is 0 Å². The van der Waals surface area contributed by atoms with Crippen LogP contribution in [0.15, 0.2) is 46.9 Å². The minimum atomic E-state index is -0.463. The Morgan fingerprint density at radius 1 is 1.11 bits per heavy atom. The maximum Gasteiger partial charge on any atom is 0.229 e. The fourth-order valence-electron chi connectivity index (χ4n) is 3.08. The van der Waals surface area contributed by atoms with Gasteiger partial charge in [0.2, 0.25) is 17.7 Å². The van der Waals surface area contributed by atoms with Crippen molar-refractivity contribution in [2.24, 2.45) is 5.92 Å². The van der Waals surface area contributed by atoms with E-state index in [2.05, 4.69) is 26.6 Å². The molecule has 0 saturated carbocycles. The molecule has 1 aliphatic heterocycles. The Kier molecular flexibility index (Phi) is 5.60. The van der Waals surface area contributed by atoms with Crippen molar-refractivity contribution in [3.8, 4) is 0 Å². The summed E-state index contributed by atoms with van der Waals surface area (Å²) < 4.78 is 0.811. The molecule has 1 aliphatic rings. The first-order valence-electron chi connectivity index (χ1n) is 8.59. The van der Waals surface area contributed by atoms with Crippen LogP contribution in [0.5, 0.6) is 0 Å². The maximum absolute atomic E-state index is 12.8. The summed E-state index contributed by atoms with van der Waals surface area (Å²) in [4.78, 5) is 38.2. The molecule has 140 valence electrons. The number of anilines is 3. The molecule has 2 aromatic carbocycles. The third-order valence-electron chi connectivity index (χ3n) is 4.38. The van der Waals surface area contributed by atoms with Gasteiger partial charge in [-0.25, -0.2) is 0 Å². The number of halogens is 1. The predicted octanol–water partition coefficient (Wildman–Crippen LogP) is 3.71. The Labute approximate surface area is 166 Å². The highest BCUT2D eigenvalue weighted by Gasteiger charge is 2.36. The van der Waals surface area contributed by atoms with Crippen molar-refractivity contribution in [2.45, 2.75) is 20.3 Å². The number of rotatable bonds is 4. The van der Waals surface area contributed by atoms with Crippen LogP contribution in [-0.2, 0) is 14.4 Å². The Morgan fingerprint density at radius 3 is 2.56 bits per heavy atom. The molecule has 2 N–H and O–H groups in total. The zero-order chi connectivity index (χ0) is 19.6. The van der Waals surface area contributed by atoms with Crippen molar-refractivity contribution in [1.29, 1.82) is 0 Å². The molecule has 2 aromatic rings. The Hall–Kier alpha value is -2.67. The molecule has 6 nitrogen and oxygen atoms in total. The SMILES string of the molecule is CC(=O)Nc1ccc(C)cc1NC(=O)C1CC(=O)N(c2ccccc2Br)C1. The van der Waals surface area contributed by atoms with E-state index in [9.17, 15) is 14.4 Å². The molecular weight excluding hydrogens is 410 g/mol. The van der Waals surface area contributed by atoms with Crippen molar-refractivity contribution in [2.75, 3.05) is 22.1 Å². The van der Waals surface area contributed by atoms with E-state index >= 15 is 0 Å². The number of carbonyl (C=O) groups excluding carboxylic acids is 3. The summed E-state index contributed by atoms with van der Waals surface area (Å²) >= 11 is 3.45. The number of hydrogen-bond donors (Lipinski definition) is 2. The first kappa shape index (κ1) is 19.1. The van der Waals surface area contributed by atoms with Gasteiger partial charge in [0.1, 0.15) is 0 Å². The average molecular weight is 430 g/mol. The van der Waals surface area contributed by atoms with E-state index in [-0.39, 0.29) is 24.1 Å². The molecular formula is C20H20BrN3O3. The molecule has 1 atom stereocenters. The van der Waals surface area contributed by atoms with Crippen LogP contribution in [0.25, 0.3) is 0 Å². The summed E-state index contributed by atoms with van der Waals surface area (Å²) in [5, 5.41) is 5.57. The summed E-state index contributed by atoms with van der Waals surface area (Å²) in [5.74, 6) is -1.01. The van der Waals surface area contributed by atoms with Gasteiger partial charge >= 0.3 is 0 Å². The molecule has 0 radical (unpaired) electrons. The minimum absolute atomic E-state index is 0.0895. The van der Waals surface area contributed by atoms with Gasteiger partial charge in [-0.1, -0.05) is 18.2 Å². The second-order valence-electron chi connectivity index (χ2n) is 6.58. The van der Waals surface area contributed by atoms with E-state index in [0.29, 0.717) is 17.9 Å². The molecule has 27 heavy (non-hydrogen) atoms. The molecule has 3 rings (SSSR count). The fourth-order valence-corrected chi connectivity index (χ4v) is 3.58. The third kappa shape index (κ3) is 4.36. The number of amides is 3. The quantitative estimate of drug-likeness (QED) is 0.777. The van der Waals surface area contributed by atoms with Gasteiger partial charge in [-0.3, -0.25) is 14.4 Å². The van der Waals surface area contributed by atoms with Crippen LogP contribution in [0.2, 0.25) is 0 Å². The maximum atomic E-state index is 12.8. The van der Waals surface area contributed by atoms with E-state index < -0.39 is 5.92 Å². The van der Waals surface area contributed by atoms with E-state index in [1.807, 2.05) is 37.3 Å². The highest BCUT2D eigenvalue weighted by molar-refractivity contribution is 9.10. The van der Waals surface area contributed by atoms with Gasteiger partial charge in [0, 0.05) is 24.4 Å². The largest absolute Gasteiger partial charge is 0.325 e. The number of benzene rings is 2. The first-order valence-corrected chi connectivity index (χ1v) is 9.38. The van der Waals surface area contributed by atoms with Crippen LogP contribution < -0.4 is 15.5 Å². The molecule has 1 saturated heterocycles. The normalized spacial score (nSPS) is 16.3. The van der Waals surface area contributed by atoms with Gasteiger partial charge < -0.3 is 15.5 Å². The summed E-state index contributed by atoms with van der Waals surface area (Å²) in [6.45, 7) is 3.63. The predicted molar refractivity (Wildman–Crippen MR) is 109 cm³/mol. The molecule has 0 aliphatic carbocycles. The average Bonchev–Trinajstić information content (AvgIpc) is 2.99. The molecule has 1 unspecified atom stereocenters. The lowest BCUT2D eigenvalue weighted by molar-refractivity contribution is -0.122. The lowest BCUT2D eigenvalue weighted by Gasteiger charge is -2.18. The monoisotopic (exact) mass is 429 g/mol. The van der Waals surface area contributed by atoms with Crippen LogP contribution in [0.3, 0.4) is 0 Å². The summed E-state index contributed by atoms with van der Waals surface area (Å²) in [7, 11) is 0. The van der Waals surface area contributed by atoms with Crippen LogP contribution in [0.4, 0.5) is 17.1 Å². The second kappa shape index (κ2) is 7.92. The molecule has 0 spiro atoms. The highest BCUT2D eigenvalue weighted by Crippen LogP contribution is 2.32. The van der Waals surface area contributed by atoms with Gasteiger partial charge in [-0.15, -0.1) is 0 Å². The van der Waals surface area contributed by atoms with Crippen molar-refractivity contribution in [1.82, 2.24) is 0 Å². The lowest BCUT2D eigenvalue weighted by Crippen LogP contribution is -2.28. The van der Waals surface area contributed by atoms with Crippen LogP contribution >= 0.6 is 15.9 Å². The summed E-state index contributed by atoms with van der Waals surface area (Å²) in [6.07, 6.45) is 0.147. The number of hydrogen-bond acceptors (Lipinski definition) is 3. The fraction of sp³-hybridized carbons (Fsp3) is 0.250. The van der Waals surface area contributed by atoms with Crippen LogP contribution in [0, 0.1) is 12.8 Å². The zero-order valence-corrected chi connectivity index (χ0v) is 16.7. The van der Waals surface area contributed by atoms with E-state index in [1.165, 1.54) is 6.92 Å². The van der Waals surface area contributed by atoms with E-state index in [1.54, 1.807) is 17.0 Å². The Morgan fingerprint density at radius 2 is 1.85 bits per heavy atom. The van der Waals surface area contributed by atoms with Crippen molar-refractivity contribution < 1.29 is 14.4 Å². The number of aryl methyl sites for hydroxylation is 1. The topological polar surface area (TPSA) is 78.5 Å². The van der Waals surface area contributed by atoms with E-state index in [4.69, 9.17) is 0 Å². The lowest BCUT2D eigenvalue weighted by atomic mass is 10.1. The number of nitrogens with zero attached hydrogens (tertiary/aromatic N) is 1. The third-order valence-corrected chi connectivity index (χ3v) is 5.05. The zero-order valence-electron chi connectivity index (χ0n) is 15.1. The molecule has 1 heterocycles. The number of carbonyl (C=O) groups is 3. The van der Waals surface area contributed by atoms with Gasteiger partial charge in [0.15, 0.2) is 0 Å². The Balaban J connectivity index is 1.76. The standard InChI is InChI=1S/C20H20BrN3O3/c1-12-7-8-16(22-13(2)25)17(9-12)23-20(27)14-10-19(26)24(11-14)18-6-4-3-5-15(18)21/h3-9,14H,10-11H2,1-2H3,(H,22,25)(H,23,27). The highest BCUT2D eigenvalue weighted by atomic mass is 79.9. The molecule has 0 aromatic heterocycles. The number of nitrogens with one attached hydrogen (secondary N) is 2. The smallest absolute Gasteiger partial charge is 0.229 e. The van der Waals surface area contributed by atoms with Crippen LogP contribution in [0.1, 0.15) is 18.9 Å². The number of para-hydroxylation sites is 1. The first-order chi connectivity index (χ1) is 12.8. The van der Waals surface area contributed by atoms with Gasteiger partial charge in [0.05, 0.1) is 23.0 Å². The van der Waals surface area contributed by atoms with Crippen molar-refractivity contribution in [3.05, 3.63) is 52.5 Å².